The number of para-hydroxylation sites is 2. The molecule has 2 unspecified atom stereocenters. The summed E-state index contributed by atoms with van der Waals surface area (Å²) in [5.74, 6) is 1.92. The predicted octanol–water partition coefficient (Wildman–Crippen LogP) is 1.77. The van der Waals surface area contributed by atoms with Crippen molar-refractivity contribution in [3.8, 4) is 0 Å². The number of piperidine rings is 1. The molecule has 1 aromatic heterocycles. The molecular weight excluding hydrogens is 236 g/mol. The fourth-order valence-corrected chi connectivity index (χ4v) is 3.37. The fraction of sp³-hybridized carbons (Fsp3) is 0.467. The quantitative estimate of drug-likeness (QED) is 0.776. The Hall–Kier alpha value is -1.68. The monoisotopic (exact) mass is 254 g/mol. The van der Waals surface area contributed by atoms with Crippen molar-refractivity contribution in [2.75, 3.05) is 31.6 Å². The number of benzene rings is 1. The molecule has 2 saturated heterocycles. The van der Waals surface area contributed by atoms with Crippen LogP contribution in [-0.2, 0) is 0 Å². The molecule has 2 aliphatic rings. The van der Waals surface area contributed by atoms with Crippen molar-refractivity contribution < 1.29 is 0 Å². The number of likely N-dealkylation sites (N-methyl/N-ethyl adjacent to an activating group) is 1. The zero-order valence-corrected chi connectivity index (χ0v) is 11.2. The Bertz CT molecular complexity index is 612. The Morgan fingerprint density at radius 1 is 1.16 bits per heavy atom. The molecule has 2 aromatic rings. The van der Waals surface area contributed by atoms with Crippen molar-refractivity contribution in [3.63, 3.8) is 0 Å². The summed E-state index contributed by atoms with van der Waals surface area (Å²) in [6.45, 7) is 3.47. The number of rotatable bonds is 1. The van der Waals surface area contributed by atoms with E-state index < -0.39 is 0 Å². The molecule has 0 radical (unpaired) electrons. The first kappa shape index (κ1) is 11.2. The standard InChI is InChI=1S/C15H18N4/c1-18-9-11-6-7-19(10-14(11)18)15-8-16-12-4-2-3-5-13(12)17-15/h2-5,8,11,14H,6-7,9-10H2,1H3. The maximum Gasteiger partial charge on any atom is 0.147 e. The first-order valence-corrected chi connectivity index (χ1v) is 6.98. The summed E-state index contributed by atoms with van der Waals surface area (Å²) in [7, 11) is 2.22. The van der Waals surface area contributed by atoms with Gasteiger partial charge < -0.3 is 9.80 Å². The molecule has 2 atom stereocenters. The minimum Gasteiger partial charge on any atom is -0.354 e. The van der Waals surface area contributed by atoms with Crippen LogP contribution in [0.4, 0.5) is 5.82 Å². The van der Waals surface area contributed by atoms with Gasteiger partial charge in [-0.3, -0.25) is 4.98 Å². The highest BCUT2D eigenvalue weighted by molar-refractivity contribution is 5.75. The van der Waals surface area contributed by atoms with Gasteiger partial charge in [0.05, 0.1) is 17.2 Å². The van der Waals surface area contributed by atoms with Gasteiger partial charge >= 0.3 is 0 Å². The summed E-state index contributed by atoms with van der Waals surface area (Å²) in [6.07, 6.45) is 3.20. The molecule has 2 fully saturated rings. The minimum atomic E-state index is 0.710. The molecule has 1 aromatic carbocycles. The number of fused-ring (bicyclic) bond motifs is 2. The highest BCUT2D eigenvalue weighted by Gasteiger charge is 2.40. The average molecular weight is 254 g/mol. The second-order valence-corrected chi connectivity index (χ2v) is 5.72. The number of anilines is 1. The Labute approximate surface area is 113 Å². The number of aromatic nitrogens is 2. The molecule has 19 heavy (non-hydrogen) atoms. The van der Waals surface area contributed by atoms with Crippen LogP contribution in [0.1, 0.15) is 6.42 Å². The van der Waals surface area contributed by atoms with E-state index in [9.17, 15) is 0 Å². The Kier molecular flexibility index (Phi) is 2.45. The van der Waals surface area contributed by atoms with Gasteiger partial charge in [-0.15, -0.1) is 0 Å². The van der Waals surface area contributed by atoms with E-state index in [0.717, 1.165) is 35.9 Å². The van der Waals surface area contributed by atoms with Gasteiger partial charge in [0.1, 0.15) is 5.82 Å². The molecule has 0 saturated carbocycles. The van der Waals surface area contributed by atoms with Gasteiger partial charge in [0.2, 0.25) is 0 Å². The molecule has 0 bridgehead atoms. The van der Waals surface area contributed by atoms with Crippen LogP contribution < -0.4 is 4.90 Å². The first-order chi connectivity index (χ1) is 9.31. The zero-order valence-electron chi connectivity index (χ0n) is 11.2. The summed E-state index contributed by atoms with van der Waals surface area (Å²) in [5.41, 5.74) is 1.96. The first-order valence-electron chi connectivity index (χ1n) is 6.98. The summed E-state index contributed by atoms with van der Waals surface area (Å²) in [4.78, 5) is 14.1. The topological polar surface area (TPSA) is 32.3 Å². The summed E-state index contributed by atoms with van der Waals surface area (Å²) >= 11 is 0. The molecule has 0 aliphatic carbocycles. The Morgan fingerprint density at radius 2 is 2.00 bits per heavy atom. The molecule has 4 nitrogen and oxygen atoms in total. The third kappa shape index (κ3) is 1.78. The van der Waals surface area contributed by atoms with Gasteiger partial charge in [-0.05, 0) is 31.5 Å². The number of hydrogen-bond donors (Lipinski definition) is 0. The van der Waals surface area contributed by atoms with Crippen LogP contribution >= 0.6 is 0 Å². The van der Waals surface area contributed by atoms with Crippen molar-refractivity contribution in [1.82, 2.24) is 14.9 Å². The van der Waals surface area contributed by atoms with Gasteiger partial charge in [0, 0.05) is 25.7 Å². The van der Waals surface area contributed by atoms with Gasteiger partial charge in [0.15, 0.2) is 0 Å². The third-order valence-electron chi connectivity index (χ3n) is 4.57. The van der Waals surface area contributed by atoms with Crippen LogP contribution in [-0.4, -0.2) is 47.6 Å². The van der Waals surface area contributed by atoms with Crippen molar-refractivity contribution >= 4 is 16.9 Å². The molecule has 0 N–H and O–H groups in total. The van der Waals surface area contributed by atoms with Gasteiger partial charge in [0.25, 0.3) is 0 Å². The zero-order chi connectivity index (χ0) is 12.8. The average Bonchev–Trinajstić information content (AvgIpc) is 2.46. The maximum absolute atomic E-state index is 4.75. The van der Waals surface area contributed by atoms with Crippen LogP contribution in [0.5, 0.6) is 0 Å². The number of likely N-dealkylation sites (tertiary alicyclic amines) is 1. The minimum absolute atomic E-state index is 0.710. The molecular formula is C15H18N4. The molecule has 98 valence electrons. The molecule has 4 heteroatoms. The number of nitrogens with zero attached hydrogens (tertiary/aromatic N) is 4. The molecule has 4 rings (SSSR count). The van der Waals surface area contributed by atoms with Crippen molar-refractivity contribution in [2.24, 2.45) is 5.92 Å². The van der Waals surface area contributed by atoms with Crippen LogP contribution in [0.25, 0.3) is 11.0 Å². The van der Waals surface area contributed by atoms with Crippen LogP contribution in [0.15, 0.2) is 30.5 Å². The van der Waals surface area contributed by atoms with E-state index in [1.165, 1.54) is 13.0 Å². The molecule has 0 amide bonds. The lowest BCUT2D eigenvalue weighted by Crippen LogP contribution is -2.62. The van der Waals surface area contributed by atoms with E-state index >= 15 is 0 Å². The van der Waals surface area contributed by atoms with Crippen molar-refractivity contribution in [3.05, 3.63) is 30.5 Å². The Balaban J connectivity index is 1.63. The second kappa shape index (κ2) is 4.17. The third-order valence-corrected chi connectivity index (χ3v) is 4.57. The van der Waals surface area contributed by atoms with Gasteiger partial charge in [-0.1, -0.05) is 12.1 Å². The summed E-state index contributed by atoms with van der Waals surface area (Å²) in [6, 6.07) is 8.78. The Morgan fingerprint density at radius 3 is 2.84 bits per heavy atom. The van der Waals surface area contributed by atoms with Crippen LogP contribution in [0.3, 0.4) is 0 Å². The van der Waals surface area contributed by atoms with E-state index in [-0.39, 0.29) is 0 Å². The maximum atomic E-state index is 4.75. The normalized spacial score (nSPS) is 27.1. The lowest BCUT2D eigenvalue weighted by Gasteiger charge is -2.52. The van der Waals surface area contributed by atoms with E-state index in [4.69, 9.17) is 4.98 Å². The lowest BCUT2D eigenvalue weighted by molar-refractivity contribution is 0.0278. The van der Waals surface area contributed by atoms with E-state index in [0.29, 0.717) is 6.04 Å². The van der Waals surface area contributed by atoms with E-state index in [1.807, 2.05) is 30.5 Å². The highest BCUT2D eigenvalue weighted by Crippen LogP contribution is 2.32. The van der Waals surface area contributed by atoms with E-state index in [1.54, 1.807) is 0 Å². The van der Waals surface area contributed by atoms with Crippen molar-refractivity contribution in [1.29, 1.82) is 0 Å². The smallest absolute Gasteiger partial charge is 0.147 e. The summed E-state index contributed by atoms with van der Waals surface area (Å²) in [5, 5.41) is 0. The van der Waals surface area contributed by atoms with Gasteiger partial charge in [-0.2, -0.15) is 0 Å². The van der Waals surface area contributed by atoms with Gasteiger partial charge in [-0.25, -0.2) is 4.98 Å². The predicted molar refractivity (Wildman–Crippen MR) is 76.3 cm³/mol. The largest absolute Gasteiger partial charge is 0.354 e. The second-order valence-electron chi connectivity index (χ2n) is 5.72. The molecule has 3 heterocycles. The summed E-state index contributed by atoms with van der Waals surface area (Å²) < 4.78 is 0. The lowest BCUT2D eigenvalue weighted by atomic mass is 9.83. The van der Waals surface area contributed by atoms with E-state index in [2.05, 4.69) is 21.8 Å². The number of hydrogen-bond acceptors (Lipinski definition) is 4. The SMILES string of the molecule is CN1CC2CCN(c3cnc4ccccc4n3)CC21. The highest BCUT2D eigenvalue weighted by atomic mass is 15.3. The van der Waals surface area contributed by atoms with Crippen molar-refractivity contribution in [2.45, 2.75) is 12.5 Å². The molecule has 0 spiro atoms. The molecule has 2 aliphatic heterocycles. The van der Waals surface area contributed by atoms with Crippen LogP contribution in [0.2, 0.25) is 0 Å². The van der Waals surface area contributed by atoms with Crippen LogP contribution in [0, 0.1) is 5.92 Å². The fourth-order valence-electron chi connectivity index (χ4n) is 3.37.